The van der Waals surface area contributed by atoms with Crippen molar-refractivity contribution in [2.24, 2.45) is 0 Å². The number of aromatic hydroxyl groups is 1. The van der Waals surface area contributed by atoms with E-state index in [2.05, 4.69) is 25.4 Å². The van der Waals surface area contributed by atoms with Gasteiger partial charge in [0.25, 0.3) is 0 Å². The second-order valence-electron chi connectivity index (χ2n) is 9.52. The molecule has 0 atom stereocenters. The highest BCUT2D eigenvalue weighted by Gasteiger charge is 2.45. The molecule has 0 spiro atoms. The van der Waals surface area contributed by atoms with Gasteiger partial charge in [-0.1, -0.05) is 12.1 Å². The molecule has 3 aromatic rings. The van der Waals surface area contributed by atoms with Gasteiger partial charge in [0, 0.05) is 44.1 Å². The number of amides is 1. The summed E-state index contributed by atoms with van der Waals surface area (Å²) in [5.41, 5.74) is 2.71. The van der Waals surface area contributed by atoms with Crippen molar-refractivity contribution in [1.82, 2.24) is 25.4 Å². The number of aromatic nitrogens is 3. The first-order valence-corrected chi connectivity index (χ1v) is 12.3. The fourth-order valence-corrected chi connectivity index (χ4v) is 5.49. The Hall–Kier alpha value is -3.52. The number of nitrogens with one attached hydrogen (secondary N) is 1. The molecule has 1 aromatic carbocycles. The van der Waals surface area contributed by atoms with Crippen LogP contribution in [0.2, 0.25) is 0 Å². The molecule has 2 aliphatic heterocycles. The summed E-state index contributed by atoms with van der Waals surface area (Å²) in [6.07, 6.45) is 8.71. The molecule has 8 heteroatoms. The van der Waals surface area contributed by atoms with E-state index in [4.69, 9.17) is 0 Å². The second kappa shape index (κ2) is 10.00. The van der Waals surface area contributed by atoms with Gasteiger partial charge in [-0.25, -0.2) is 0 Å². The number of piperidine rings is 2. The molecule has 1 amide bonds. The van der Waals surface area contributed by atoms with Crippen LogP contribution in [0.3, 0.4) is 0 Å². The van der Waals surface area contributed by atoms with Crippen LogP contribution >= 0.6 is 0 Å². The number of para-hydroxylation sites is 1. The smallest absolute Gasteiger partial charge is 0.233 e. The van der Waals surface area contributed by atoms with Gasteiger partial charge in [0.05, 0.1) is 23.0 Å². The SMILES string of the molecule is CN(C(=O)C1(c2ccncc2)CCN(c2cnnc(-c3ccccc3O)c2)CC1)C1CCNCC1. The lowest BCUT2D eigenvalue weighted by molar-refractivity contribution is -0.139. The average molecular weight is 473 g/mol. The van der Waals surface area contributed by atoms with Crippen LogP contribution in [-0.4, -0.2) is 70.4 Å². The molecule has 0 unspecified atom stereocenters. The molecule has 0 radical (unpaired) electrons. The van der Waals surface area contributed by atoms with Crippen LogP contribution < -0.4 is 10.2 Å². The van der Waals surface area contributed by atoms with E-state index in [1.54, 1.807) is 30.7 Å². The lowest BCUT2D eigenvalue weighted by Gasteiger charge is -2.45. The largest absolute Gasteiger partial charge is 0.507 e. The summed E-state index contributed by atoms with van der Waals surface area (Å²) in [4.78, 5) is 22.5. The molecule has 35 heavy (non-hydrogen) atoms. The molecule has 0 bridgehead atoms. The van der Waals surface area contributed by atoms with Crippen molar-refractivity contribution >= 4 is 11.6 Å². The van der Waals surface area contributed by atoms with Crippen LogP contribution in [0.1, 0.15) is 31.2 Å². The highest BCUT2D eigenvalue weighted by molar-refractivity contribution is 5.89. The first kappa shape index (κ1) is 23.2. The Kier molecular flexibility index (Phi) is 6.63. The number of pyridine rings is 1. The number of nitrogens with zero attached hydrogens (tertiary/aromatic N) is 5. The standard InChI is InChI=1S/C27H32N6O2/c1-32(21-8-14-29-15-9-21)26(35)27(20-6-12-28-13-7-20)10-16-33(17-11-27)22-18-24(31-30-19-22)23-4-2-3-5-25(23)34/h2-7,12-13,18-19,21,29,34H,8-11,14-17H2,1H3. The lowest BCUT2D eigenvalue weighted by atomic mass is 9.71. The van der Waals surface area contributed by atoms with Crippen molar-refractivity contribution in [2.45, 2.75) is 37.1 Å². The van der Waals surface area contributed by atoms with Gasteiger partial charge in [-0.3, -0.25) is 9.78 Å². The minimum absolute atomic E-state index is 0.181. The average Bonchev–Trinajstić information content (AvgIpc) is 2.93. The Morgan fingerprint density at radius 1 is 1.11 bits per heavy atom. The molecule has 2 N–H and O–H groups in total. The van der Waals surface area contributed by atoms with Gasteiger partial charge in [0.15, 0.2) is 0 Å². The van der Waals surface area contributed by atoms with Crippen LogP contribution in [0.25, 0.3) is 11.3 Å². The third-order valence-corrected chi connectivity index (χ3v) is 7.62. The number of hydrogen-bond donors (Lipinski definition) is 2. The molecule has 5 rings (SSSR count). The fraction of sp³-hybridized carbons (Fsp3) is 0.407. The van der Waals surface area contributed by atoms with Crippen molar-refractivity contribution in [3.8, 4) is 17.0 Å². The summed E-state index contributed by atoms with van der Waals surface area (Å²) in [6.45, 7) is 3.35. The van der Waals surface area contributed by atoms with Crippen LogP contribution in [0.15, 0.2) is 61.1 Å². The molecule has 8 nitrogen and oxygen atoms in total. The van der Waals surface area contributed by atoms with Gasteiger partial charge >= 0.3 is 0 Å². The van der Waals surface area contributed by atoms with E-state index in [-0.39, 0.29) is 17.7 Å². The number of phenols is 1. The number of likely N-dealkylation sites (N-methyl/N-ethyl adjacent to an activating group) is 1. The minimum Gasteiger partial charge on any atom is -0.507 e. The summed E-state index contributed by atoms with van der Waals surface area (Å²) in [5.74, 6) is 0.388. The van der Waals surface area contributed by atoms with E-state index >= 15 is 0 Å². The van der Waals surface area contributed by atoms with Crippen LogP contribution in [0, 0.1) is 0 Å². The number of carbonyl (C=O) groups is 1. The van der Waals surface area contributed by atoms with Crippen LogP contribution in [-0.2, 0) is 10.2 Å². The summed E-state index contributed by atoms with van der Waals surface area (Å²) in [6, 6.07) is 13.4. The zero-order valence-corrected chi connectivity index (χ0v) is 20.1. The molecule has 2 fully saturated rings. The predicted molar refractivity (Wildman–Crippen MR) is 135 cm³/mol. The molecule has 4 heterocycles. The lowest BCUT2D eigenvalue weighted by Crippen LogP contribution is -2.55. The maximum atomic E-state index is 14.1. The van der Waals surface area contributed by atoms with Crippen molar-refractivity contribution in [1.29, 1.82) is 0 Å². The molecule has 182 valence electrons. The number of anilines is 1. The second-order valence-corrected chi connectivity index (χ2v) is 9.52. The Bertz CT molecular complexity index is 1160. The van der Waals surface area contributed by atoms with Crippen molar-refractivity contribution in [3.05, 3.63) is 66.6 Å². The normalized spacial score (nSPS) is 18.3. The molecule has 0 saturated carbocycles. The fourth-order valence-electron chi connectivity index (χ4n) is 5.49. The van der Waals surface area contributed by atoms with Gasteiger partial charge in [0.1, 0.15) is 5.75 Å². The number of carbonyl (C=O) groups excluding carboxylic acids is 1. The summed E-state index contributed by atoms with van der Waals surface area (Å²) < 4.78 is 0. The molecule has 2 saturated heterocycles. The van der Waals surface area contributed by atoms with E-state index in [0.717, 1.165) is 50.3 Å². The molecule has 2 aliphatic rings. The highest BCUT2D eigenvalue weighted by atomic mass is 16.3. The van der Waals surface area contributed by atoms with Gasteiger partial charge in [0.2, 0.25) is 5.91 Å². The van der Waals surface area contributed by atoms with Crippen LogP contribution in [0.5, 0.6) is 5.75 Å². The monoisotopic (exact) mass is 472 g/mol. The van der Waals surface area contributed by atoms with Crippen LogP contribution in [0.4, 0.5) is 5.69 Å². The zero-order chi connectivity index (χ0) is 24.3. The highest BCUT2D eigenvalue weighted by Crippen LogP contribution is 2.39. The van der Waals surface area contributed by atoms with Gasteiger partial charge in [-0.15, -0.1) is 0 Å². The minimum atomic E-state index is -0.569. The number of hydrogen-bond acceptors (Lipinski definition) is 7. The molecule has 0 aliphatic carbocycles. The molecular weight excluding hydrogens is 440 g/mol. The molecular formula is C27H32N6O2. The Balaban J connectivity index is 1.39. The zero-order valence-electron chi connectivity index (χ0n) is 20.1. The van der Waals surface area contributed by atoms with Gasteiger partial charge in [-0.05, 0) is 74.7 Å². The van der Waals surface area contributed by atoms with E-state index in [9.17, 15) is 9.90 Å². The summed E-state index contributed by atoms with van der Waals surface area (Å²) in [7, 11) is 1.97. The van der Waals surface area contributed by atoms with E-state index < -0.39 is 5.41 Å². The van der Waals surface area contributed by atoms with Crippen molar-refractivity contribution in [3.63, 3.8) is 0 Å². The maximum absolute atomic E-state index is 14.1. The van der Waals surface area contributed by atoms with E-state index in [1.165, 1.54) is 0 Å². The van der Waals surface area contributed by atoms with E-state index in [0.29, 0.717) is 24.1 Å². The Morgan fingerprint density at radius 3 is 2.54 bits per heavy atom. The summed E-state index contributed by atoms with van der Waals surface area (Å²) in [5, 5.41) is 22.1. The van der Waals surface area contributed by atoms with Crippen molar-refractivity contribution in [2.75, 3.05) is 38.1 Å². The predicted octanol–water partition coefficient (Wildman–Crippen LogP) is 2.99. The topological polar surface area (TPSA) is 94.5 Å². The third kappa shape index (κ3) is 4.58. The van der Waals surface area contributed by atoms with Crippen molar-refractivity contribution < 1.29 is 9.90 Å². The van der Waals surface area contributed by atoms with Gasteiger partial charge < -0.3 is 20.2 Å². The number of benzene rings is 1. The van der Waals surface area contributed by atoms with E-state index in [1.807, 2.05) is 42.3 Å². The number of rotatable bonds is 5. The quantitative estimate of drug-likeness (QED) is 0.590. The summed E-state index contributed by atoms with van der Waals surface area (Å²) >= 11 is 0. The molecule has 2 aromatic heterocycles. The third-order valence-electron chi connectivity index (χ3n) is 7.62. The maximum Gasteiger partial charge on any atom is 0.233 e. The van der Waals surface area contributed by atoms with Gasteiger partial charge in [-0.2, -0.15) is 10.2 Å². The Morgan fingerprint density at radius 2 is 1.83 bits per heavy atom. The first-order chi connectivity index (χ1) is 17.1. The Labute approximate surface area is 206 Å². The number of phenolic OH excluding ortho intramolecular Hbond substituents is 1. The first-order valence-electron chi connectivity index (χ1n) is 12.3.